The van der Waals surface area contributed by atoms with E-state index in [0.29, 0.717) is 24.7 Å². The van der Waals surface area contributed by atoms with Gasteiger partial charge in [0.25, 0.3) is 0 Å². The van der Waals surface area contributed by atoms with Gasteiger partial charge in [-0.1, -0.05) is 0 Å². The van der Waals surface area contributed by atoms with Crippen LogP contribution >= 0.6 is 0 Å². The average molecular weight is 338 g/mol. The number of nitrogens with one attached hydrogen (secondary N) is 1. The third-order valence-electron chi connectivity index (χ3n) is 4.60. The molecule has 0 aliphatic carbocycles. The Balaban J connectivity index is 1.67. The highest BCUT2D eigenvalue weighted by Gasteiger charge is 2.31. The molecule has 7 nitrogen and oxygen atoms in total. The van der Waals surface area contributed by atoms with Crippen molar-refractivity contribution in [2.45, 2.75) is 17.4 Å². The van der Waals surface area contributed by atoms with Crippen molar-refractivity contribution < 1.29 is 13.2 Å². The molecule has 2 heterocycles. The summed E-state index contributed by atoms with van der Waals surface area (Å²) in [5.41, 5.74) is 5.49. The number of primary amides is 1. The zero-order chi connectivity index (χ0) is 16.4. The molecule has 126 valence electrons. The molecule has 0 spiro atoms. The van der Waals surface area contributed by atoms with E-state index in [1.807, 2.05) is 0 Å². The van der Waals surface area contributed by atoms with E-state index < -0.39 is 15.9 Å². The van der Waals surface area contributed by atoms with Crippen molar-refractivity contribution in [3.05, 3.63) is 29.8 Å². The summed E-state index contributed by atoms with van der Waals surface area (Å²) in [5.74, 6) is -0.562. The van der Waals surface area contributed by atoms with Gasteiger partial charge in [-0.2, -0.15) is 4.31 Å². The second-order valence-electron chi connectivity index (χ2n) is 5.98. The molecule has 3 N–H and O–H groups in total. The number of benzene rings is 1. The fraction of sp³-hybridized carbons (Fsp3) is 0.533. The predicted molar refractivity (Wildman–Crippen MR) is 86.6 cm³/mol. The van der Waals surface area contributed by atoms with Crippen molar-refractivity contribution in [3.8, 4) is 0 Å². The predicted octanol–water partition coefficient (Wildman–Crippen LogP) is -0.546. The van der Waals surface area contributed by atoms with Crippen LogP contribution in [-0.2, 0) is 10.0 Å². The topological polar surface area (TPSA) is 95.7 Å². The van der Waals surface area contributed by atoms with Crippen LogP contribution in [0.5, 0.6) is 0 Å². The van der Waals surface area contributed by atoms with Crippen LogP contribution in [0.15, 0.2) is 29.2 Å². The normalized spacial score (nSPS) is 23.9. The summed E-state index contributed by atoms with van der Waals surface area (Å²) in [6.45, 7) is 4.53. The minimum absolute atomic E-state index is 0.207. The molecule has 8 heteroatoms. The van der Waals surface area contributed by atoms with Crippen molar-refractivity contribution in [1.82, 2.24) is 14.5 Å². The second-order valence-corrected chi connectivity index (χ2v) is 7.91. The number of rotatable bonds is 4. The SMILES string of the molecule is NC(=O)c1ccc(S(=O)(=O)N2CCN(C3CCNC3)CC2)cc1. The van der Waals surface area contributed by atoms with Crippen LogP contribution in [0.3, 0.4) is 0 Å². The molecular weight excluding hydrogens is 316 g/mol. The zero-order valence-electron chi connectivity index (χ0n) is 12.9. The first-order valence-corrected chi connectivity index (χ1v) is 9.27. The van der Waals surface area contributed by atoms with Gasteiger partial charge in [0.15, 0.2) is 0 Å². The monoisotopic (exact) mass is 338 g/mol. The molecular formula is C15H22N4O3S. The van der Waals surface area contributed by atoms with E-state index in [4.69, 9.17) is 5.73 Å². The van der Waals surface area contributed by atoms with Crippen LogP contribution in [0.1, 0.15) is 16.8 Å². The highest BCUT2D eigenvalue weighted by molar-refractivity contribution is 7.89. The zero-order valence-corrected chi connectivity index (χ0v) is 13.8. The van der Waals surface area contributed by atoms with Crippen molar-refractivity contribution in [1.29, 1.82) is 0 Å². The summed E-state index contributed by atoms with van der Waals surface area (Å²) in [7, 11) is -3.51. The van der Waals surface area contributed by atoms with Crippen molar-refractivity contribution in [3.63, 3.8) is 0 Å². The Kier molecular flexibility index (Phi) is 4.67. The lowest BCUT2D eigenvalue weighted by Gasteiger charge is -2.37. The van der Waals surface area contributed by atoms with Gasteiger partial charge in [-0.3, -0.25) is 9.69 Å². The number of piperazine rings is 1. The van der Waals surface area contributed by atoms with Gasteiger partial charge in [-0.25, -0.2) is 8.42 Å². The summed E-state index contributed by atoms with van der Waals surface area (Å²) < 4.78 is 26.9. The van der Waals surface area contributed by atoms with E-state index in [-0.39, 0.29) is 4.90 Å². The van der Waals surface area contributed by atoms with Crippen LogP contribution in [0, 0.1) is 0 Å². The number of hydrogen-bond donors (Lipinski definition) is 2. The molecule has 1 aromatic rings. The number of nitrogens with two attached hydrogens (primary N) is 1. The van der Waals surface area contributed by atoms with Crippen LogP contribution < -0.4 is 11.1 Å². The van der Waals surface area contributed by atoms with E-state index in [1.165, 1.54) is 28.6 Å². The molecule has 2 aliphatic rings. The summed E-state index contributed by atoms with van der Waals surface area (Å²) in [6, 6.07) is 6.33. The van der Waals surface area contributed by atoms with Gasteiger partial charge in [-0.05, 0) is 37.2 Å². The lowest BCUT2D eigenvalue weighted by atomic mass is 10.2. The number of amides is 1. The molecule has 2 fully saturated rings. The third kappa shape index (κ3) is 3.40. The summed E-state index contributed by atoms with van der Waals surface area (Å²) >= 11 is 0. The minimum Gasteiger partial charge on any atom is -0.366 e. The van der Waals surface area contributed by atoms with Gasteiger partial charge in [-0.15, -0.1) is 0 Å². The number of carbonyl (C=O) groups excluding carboxylic acids is 1. The maximum Gasteiger partial charge on any atom is 0.248 e. The first-order valence-electron chi connectivity index (χ1n) is 7.83. The summed E-state index contributed by atoms with van der Waals surface area (Å²) in [4.78, 5) is 13.6. The second kappa shape index (κ2) is 6.56. The first-order chi connectivity index (χ1) is 11.0. The lowest BCUT2D eigenvalue weighted by Crippen LogP contribution is -2.52. The Morgan fingerprint density at radius 3 is 2.30 bits per heavy atom. The molecule has 0 aromatic heterocycles. The maximum atomic E-state index is 12.7. The van der Waals surface area contributed by atoms with E-state index in [1.54, 1.807) is 0 Å². The highest BCUT2D eigenvalue weighted by atomic mass is 32.2. The smallest absolute Gasteiger partial charge is 0.248 e. The number of carbonyl (C=O) groups is 1. The molecule has 2 aliphatic heterocycles. The highest BCUT2D eigenvalue weighted by Crippen LogP contribution is 2.20. The van der Waals surface area contributed by atoms with Gasteiger partial charge in [0.1, 0.15) is 0 Å². The molecule has 0 saturated carbocycles. The molecule has 1 unspecified atom stereocenters. The third-order valence-corrected chi connectivity index (χ3v) is 6.51. The fourth-order valence-corrected chi connectivity index (χ4v) is 4.62. The molecule has 3 rings (SSSR count). The molecule has 1 atom stereocenters. The molecule has 2 saturated heterocycles. The Morgan fingerprint density at radius 1 is 1.13 bits per heavy atom. The van der Waals surface area contributed by atoms with Crippen LogP contribution in [-0.4, -0.2) is 68.8 Å². The van der Waals surface area contributed by atoms with E-state index in [0.717, 1.165) is 32.6 Å². The Labute approximate surface area is 136 Å². The van der Waals surface area contributed by atoms with Crippen LogP contribution in [0.25, 0.3) is 0 Å². The van der Waals surface area contributed by atoms with Gasteiger partial charge in [0.2, 0.25) is 15.9 Å². The molecule has 0 bridgehead atoms. The van der Waals surface area contributed by atoms with Crippen LogP contribution in [0.4, 0.5) is 0 Å². The van der Waals surface area contributed by atoms with Gasteiger partial charge < -0.3 is 11.1 Å². The Hall–Kier alpha value is -1.48. The standard InChI is InChI=1S/C15H22N4O3S/c16-15(20)12-1-3-14(4-2-12)23(21,22)19-9-7-18(8-10-19)13-5-6-17-11-13/h1-4,13,17H,5-11H2,(H2,16,20). The maximum absolute atomic E-state index is 12.7. The first kappa shape index (κ1) is 16.4. The molecule has 1 aromatic carbocycles. The van der Waals surface area contributed by atoms with E-state index in [9.17, 15) is 13.2 Å². The molecule has 0 radical (unpaired) electrons. The van der Waals surface area contributed by atoms with Gasteiger partial charge in [0, 0.05) is 44.3 Å². The van der Waals surface area contributed by atoms with E-state index >= 15 is 0 Å². The summed E-state index contributed by atoms with van der Waals surface area (Å²) in [5, 5.41) is 3.34. The summed E-state index contributed by atoms with van der Waals surface area (Å²) in [6.07, 6.45) is 1.13. The number of hydrogen-bond acceptors (Lipinski definition) is 5. The van der Waals surface area contributed by atoms with Crippen molar-refractivity contribution >= 4 is 15.9 Å². The fourth-order valence-electron chi connectivity index (χ4n) is 3.20. The minimum atomic E-state index is -3.51. The van der Waals surface area contributed by atoms with E-state index in [2.05, 4.69) is 10.2 Å². The van der Waals surface area contributed by atoms with Gasteiger partial charge in [0.05, 0.1) is 4.90 Å². The number of sulfonamides is 1. The van der Waals surface area contributed by atoms with Crippen LogP contribution in [0.2, 0.25) is 0 Å². The average Bonchev–Trinajstić information content (AvgIpc) is 3.09. The van der Waals surface area contributed by atoms with Gasteiger partial charge >= 0.3 is 0 Å². The van der Waals surface area contributed by atoms with Crippen molar-refractivity contribution in [2.75, 3.05) is 39.3 Å². The van der Waals surface area contributed by atoms with Crippen molar-refractivity contribution in [2.24, 2.45) is 5.73 Å². The number of nitrogens with zero attached hydrogens (tertiary/aromatic N) is 2. The molecule has 23 heavy (non-hydrogen) atoms. The molecule has 1 amide bonds. The Bertz CT molecular complexity index is 660. The quantitative estimate of drug-likeness (QED) is 0.768. The Morgan fingerprint density at radius 2 is 1.78 bits per heavy atom. The lowest BCUT2D eigenvalue weighted by molar-refractivity contribution is 0.1000. The largest absolute Gasteiger partial charge is 0.366 e.